The fraction of sp³-hybridized carbons (Fsp3) is 0.389. The number of hydrogen-bond acceptors (Lipinski definition) is 3. The first kappa shape index (κ1) is 15.5. The summed E-state index contributed by atoms with van der Waals surface area (Å²) in [7, 11) is 0. The second-order valence-electron chi connectivity index (χ2n) is 5.56. The summed E-state index contributed by atoms with van der Waals surface area (Å²) < 4.78 is 6.07. The first-order valence-corrected chi connectivity index (χ1v) is 7.54. The number of nitrogens with two attached hydrogens (primary N) is 1. The lowest BCUT2D eigenvalue weighted by Gasteiger charge is -2.23. The third-order valence-corrected chi connectivity index (χ3v) is 3.82. The smallest absolute Gasteiger partial charge is 0.140 e. The molecule has 3 atom stereocenters. The molecule has 0 aliphatic heterocycles. The van der Waals surface area contributed by atoms with E-state index < -0.39 is 0 Å². The van der Waals surface area contributed by atoms with Gasteiger partial charge >= 0.3 is 0 Å². The maximum atomic E-state index is 6.07. The number of ether oxygens (including phenoxy) is 1. The van der Waals surface area contributed by atoms with Gasteiger partial charge in [-0.3, -0.25) is 4.98 Å². The van der Waals surface area contributed by atoms with Crippen LogP contribution in [0.4, 0.5) is 0 Å². The van der Waals surface area contributed by atoms with Gasteiger partial charge in [0.1, 0.15) is 11.9 Å². The zero-order chi connectivity index (χ0) is 15.2. The van der Waals surface area contributed by atoms with Crippen molar-refractivity contribution in [1.82, 2.24) is 4.98 Å². The van der Waals surface area contributed by atoms with Crippen molar-refractivity contribution in [1.29, 1.82) is 0 Å². The van der Waals surface area contributed by atoms with Gasteiger partial charge in [0.15, 0.2) is 0 Å². The fourth-order valence-corrected chi connectivity index (χ4v) is 2.28. The number of benzene rings is 1. The highest BCUT2D eigenvalue weighted by Crippen LogP contribution is 2.26. The van der Waals surface area contributed by atoms with E-state index in [1.54, 1.807) is 6.20 Å². The lowest BCUT2D eigenvalue weighted by atomic mass is 9.99. The topological polar surface area (TPSA) is 48.1 Å². The van der Waals surface area contributed by atoms with Gasteiger partial charge < -0.3 is 10.5 Å². The monoisotopic (exact) mass is 284 g/mol. The lowest BCUT2D eigenvalue weighted by Crippen LogP contribution is -2.29. The first-order chi connectivity index (χ1) is 10.1. The molecule has 112 valence electrons. The van der Waals surface area contributed by atoms with E-state index in [1.807, 2.05) is 37.4 Å². The average molecular weight is 284 g/mol. The van der Waals surface area contributed by atoms with Crippen LogP contribution in [0.25, 0.3) is 0 Å². The van der Waals surface area contributed by atoms with Crippen molar-refractivity contribution >= 4 is 0 Å². The van der Waals surface area contributed by atoms with Crippen LogP contribution in [0, 0.1) is 0 Å². The normalized spacial score (nSPS) is 15.2. The Morgan fingerprint density at radius 3 is 2.33 bits per heavy atom. The highest BCUT2D eigenvalue weighted by molar-refractivity contribution is 5.30. The molecule has 0 saturated carbocycles. The number of rotatable bonds is 6. The van der Waals surface area contributed by atoms with Gasteiger partial charge in [0.2, 0.25) is 0 Å². The molecule has 2 aromatic rings. The van der Waals surface area contributed by atoms with Crippen molar-refractivity contribution in [2.24, 2.45) is 5.73 Å². The van der Waals surface area contributed by atoms with Gasteiger partial charge in [0.05, 0.1) is 0 Å². The Morgan fingerprint density at radius 1 is 1.10 bits per heavy atom. The van der Waals surface area contributed by atoms with Crippen molar-refractivity contribution in [3.05, 3.63) is 59.9 Å². The van der Waals surface area contributed by atoms with Crippen molar-refractivity contribution in [2.45, 2.75) is 45.3 Å². The second kappa shape index (κ2) is 7.23. The summed E-state index contributed by atoms with van der Waals surface area (Å²) >= 11 is 0. The van der Waals surface area contributed by atoms with Gasteiger partial charge in [-0.05, 0) is 43.0 Å². The SMILES string of the molecule is CCC(C)c1ccc(OC(c2cccnc2)C(C)N)cc1. The van der Waals surface area contributed by atoms with Crippen LogP contribution in [0.2, 0.25) is 0 Å². The minimum absolute atomic E-state index is 0.108. The van der Waals surface area contributed by atoms with E-state index in [0.29, 0.717) is 5.92 Å². The first-order valence-electron chi connectivity index (χ1n) is 7.54. The summed E-state index contributed by atoms with van der Waals surface area (Å²) in [6, 6.07) is 12.1. The largest absolute Gasteiger partial charge is 0.484 e. The minimum atomic E-state index is -0.187. The third-order valence-electron chi connectivity index (χ3n) is 3.82. The van der Waals surface area contributed by atoms with Gasteiger partial charge in [-0.25, -0.2) is 0 Å². The fourth-order valence-electron chi connectivity index (χ4n) is 2.28. The highest BCUT2D eigenvalue weighted by Gasteiger charge is 2.18. The van der Waals surface area contributed by atoms with Crippen molar-refractivity contribution in [3.63, 3.8) is 0 Å². The van der Waals surface area contributed by atoms with Gasteiger partial charge in [-0.1, -0.05) is 32.0 Å². The van der Waals surface area contributed by atoms with Crippen molar-refractivity contribution in [3.8, 4) is 5.75 Å². The van der Waals surface area contributed by atoms with E-state index >= 15 is 0 Å². The van der Waals surface area contributed by atoms with Crippen LogP contribution < -0.4 is 10.5 Å². The molecule has 0 fully saturated rings. The van der Waals surface area contributed by atoms with Gasteiger partial charge in [0.25, 0.3) is 0 Å². The molecule has 0 saturated heterocycles. The predicted octanol–water partition coefficient (Wildman–Crippen LogP) is 4.06. The standard InChI is InChI=1S/C18H24N2O/c1-4-13(2)15-7-9-17(10-8-15)21-18(14(3)19)16-6-5-11-20-12-16/h5-14,18H,4,19H2,1-3H3. The highest BCUT2D eigenvalue weighted by atomic mass is 16.5. The molecule has 0 bridgehead atoms. The molecular formula is C18H24N2O. The Hall–Kier alpha value is -1.87. The molecule has 0 aliphatic rings. The van der Waals surface area contributed by atoms with Crippen LogP contribution in [-0.4, -0.2) is 11.0 Å². The van der Waals surface area contributed by atoms with E-state index in [-0.39, 0.29) is 12.1 Å². The van der Waals surface area contributed by atoms with Gasteiger partial charge in [-0.15, -0.1) is 0 Å². The van der Waals surface area contributed by atoms with E-state index in [1.165, 1.54) is 5.56 Å². The second-order valence-corrected chi connectivity index (χ2v) is 5.56. The molecule has 1 aromatic carbocycles. The number of pyridine rings is 1. The Bertz CT molecular complexity index is 537. The Morgan fingerprint density at radius 2 is 1.81 bits per heavy atom. The quantitative estimate of drug-likeness (QED) is 0.870. The molecule has 3 nitrogen and oxygen atoms in total. The Balaban J connectivity index is 2.14. The van der Waals surface area contributed by atoms with Crippen LogP contribution in [-0.2, 0) is 0 Å². The third kappa shape index (κ3) is 4.05. The maximum absolute atomic E-state index is 6.07. The van der Waals surface area contributed by atoms with Crippen LogP contribution in [0.1, 0.15) is 50.3 Å². The molecule has 1 aromatic heterocycles. The molecule has 21 heavy (non-hydrogen) atoms. The van der Waals surface area contributed by atoms with E-state index in [9.17, 15) is 0 Å². The zero-order valence-electron chi connectivity index (χ0n) is 13.0. The number of aromatic nitrogens is 1. The van der Waals surface area contributed by atoms with Gasteiger partial charge in [-0.2, -0.15) is 0 Å². The van der Waals surface area contributed by atoms with Crippen molar-refractivity contribution in [2.75, 3.05) is 0 Å². The molecule has 0 spiro atoms. The predicted molar refractivity (Wildman–Crippen MR) is 86.4 cm³/mol. The molecule has 2 rings (SSSR count). The molecule has 0 amide bonds. The number of nitrogens with zero attached hydrogens (tertiary/aromatic N) is 1. The van der Waals surface area contributed by atoms with Crippen molar-refractivity contribution < 1.29 is 4.74 Å². The van der Waals surface area contributed by atoms with Crippen LogP contribution in [0.15, 0.2) is 48.8 Å². The van der Waals surface area contributed by atoms with Crippen LogP contribution >= 0.6 is 0 Å². The lowest BCUT2D eigenvalue weighted by molar-refractivity contribution is 0.180. The Labute approximate surface area is 127 Å². The van der Waals surface area contributed by atoms with Crippen LogP contribution in [0.5, 0.6) is 5.75 Å². The van der Waals surface area contributed by atoms with E-state index in [4.69, 9.17) is 10.5 Å². The van der Waals surface area contributed by atoms with Gasteiger partial charge in [0, 0.05) is 24.0 Å². The summed E-state index contributed by atoms with van der Waals surface area (Å²) in [6.45, 7) is 6.38. The summed E-state index contributed by atoms with van der Waals surface area (Å²) in [5, 5.41) is 0. The summed E-state index contributed by atoms with van der Waals surface area (Å²) in [4.78, 5) is 4.14. The van der Waals surface area contributed by atoms with E-state index in [2.05, 4.69) is 31.0 Å². The summed E-state index contributed by atoms with van der Waals surface area (Å²) in [5.74, 6) is 1.41. The number of hydrogen-bond donors (Lipinski definition) is 1. The maximum Gasteiger partial charge on any atom is 0.140 e. The molecule has 3 unspecified atom stereocenters. The molecule has 2 N–H and O–H groups in total. The average Bonchev–Trinajstić information content (AvgIpc) is 2.53. The van der Waals surface area contributed by atoms with Crippen LogP contribution in [0.3, 0.4) is 0 Å². The summed E-state index contributed by atoms with van der Waals surface area (Å²) in [5.41, 5.74) is 8.40. The minimum Gasteiger partial charge on any atom is -0.484 e. The molecule has 0 aliphatic carbocycles. The van der Waals surface area contributed by atoms with E-state index in [0.717, 1.165) is 17.7 Å². The molecular weight excluding hydrogens is 260 g/mol. The molecule has 3 heteroatoms. The molecule has 1 heterocycles. The summed E-state index contributed by atoms with van der Waals surface area (Å²) in [6.07, 6.45) is 4.51. The Kier molecular flexibility index (Phi) is 5.34. The zero-order valence-corrected chi connectivity index (χ0v) is 13.0. The molecule has 0 radical (unpaired) electrons.